The van der Waals surface area contributed by atoms with E-state index in [1.807, 2.05) is 43.3 Å². The van der Waals surface area contributed by atoms with Gasteiger partial charge in [0.15, 0.2) is 9.84 Å². The molecule has 2 aromatic carbocycles. The van der Waals surface area contributed by atoms with E-state index in [9.17, 15) is 18.3 Å². The number of carboxylic acid groups (broad SMARTS) is 1. The molecule has 7 nitrogen and oxygen atoms in total. The Balaban J connectivity index is 2.13. The average molecular weight is 517 g/mol. The van der Waals surface area contributed by atoms with Gasteiger partial charge in [-0.2, -0.15) is 0 Å². The molecule has 0 amide bonds. The van der Waals surface area contributed by atoms with Crippen molar-refractivity contribution in [2.45, 2.75) is 88.4 Å². The molecule has 36 heavy (non-hydrogen) atoms. The zero-order valence-electron chi connectivity index (χ0n) is 21.8. The molecule has 3 N–H and O–H groups in total. The van der Waals surface area contributed by atoms with Crippen LogP contribution in [0.3, 0.4) is 0 Å². The van der Waals surface area contributed by atoms with Crippen molar-refractivity contribution < 1.29 is 23.1 Å². The van der Waals surface area contributed by atoms with Crippen LogP contribution in [0.5, 0.6) is 5.75 Å². The van der Waals surface area contributed by atoms with Crippen molar-refractivity contribution in [1.82, 2.24) is 10.6 Å². The van der Waals surface area contributed by atoms with Crippen molar-refractivity contribution in [3.8, 4) is 5.75 Å². The van der Waals surface area contributed by atoms with E-state index in [1.54, 1.807) is 13.2 Å². The van der Waals surface area contributed by atoms with Gasteiger partial charge in [0.1, 0.15) is 5.75 Å². The molecule has 0 spiro atoms. The number of hydrogen-bond acceptors (Lipinski definition) is 6. The van der Waals surface area contributed by atoms with Gasteiger partial charge in [-0.05, 0) is 42.5 Å². The highest BCUT2D eigenvalue weighted by Crippen LogP contribution is 2.40. The van der Waals surface area contributed by atoms with Gasteiger partial charge in [-0.15, -0.1) is 0 Å². The fraction of sp³-hybridized carbons (Fsp3) is 0.536. The maximum absolute atomic E-state index is 13.9. The van der Waals surface area contributed by atoms with Crippen LogP contribution >= 0.6 is 0 Å². The molecule has 0 bridgehead atoms. The molecule has 2 aromatic rings. The lowest BCUT2D eigenvalue weighted by Crippen LogP contribution is -2.50. The van der Waals surface area contributed by atoms with Gasteiger partial charge in [0.2, 0.25) is 0 Å². The molecule has 0 aliphatic carbocycles. The topological polar surface area (TPSA) is 105 Å². The van der Waals surface area contributed by atoms with E-state index in [0.717, 1.165) is 24.8 Å². The lowest BCUT2D eigenvalue weighted by molar-refractivity contribution is -0.137. The zero-order valence-corrected chi connectivity index (χ0v) is 22.7. The first-order chi connectivity index (χ1) is 17.2. The Morgan fingerprint density at radius 3 is 2.53 bits per heavy atom. The number of hydrogen-bond donors (Lipinski definition) is 3. The summed E-state index contributed by atoms with van der Waals surface area (Å²) in [5.41, 5.74) is 1.85. The molecule has 3 atom stereocenters. The first kappa shape index (κ1) is 28.2. The quantitative estimate of drug-likeness (QED) is 0.371. The molecule has 0 saturated carbocycles. The molecular weight excluding hydrogens is 476 g/mol. The third kappa shape index (κ3) is 6.47. The van der Waals surface area contributed by atoms with Crippen molar-refractivity contribution >= 4 is 15.8 Å². The molecule has 1 aliphatic heterocycles. The predicted molar refractivity (Wildman–Crippen MR) is 142 cm³/mol. The predicted octanol–water partition coefficient (Wildman–Crippen LogP) is 4.84. The number of nitrogens with one attached hydrogen (secondary N) is 2. The van der Waals surface area contributed by atoms with E-state index in [4.69, 9.17) is 4.74 Å². The third-order valence-electron chi connectivity index (χ3n) is 7.29. The molecule has 1 aliphatic rings. The second-order valence-corrected chi connectivity index (χ2v) is 11.7. The van der Waals surface area contributed by atoms with Crippen molar-refractivity contribution in [3.05, 3.63) is 59.2 Å². The number of methoxy groups -OCH3 is 1. The van der Waals surface area contributed by atoms with Crippen LogP contribution in [0.25, 0.3) is 0 Å². The Kier molecular flexibility index (Phi) is 9.55. The summed E-state index contributed by atoms with van der Waals surface area (Å²) in [7, 11) is -2.04. The van der Waals surface area contributed by atoms with Crippen molar-refractivity contribution in [2.75, 3.05) is 12.9 Å². The van der Waals surface area contributed by atoms with E-state index >= 15 is 0 Å². The van der Waals surface area contributed by atoms with Gasteiger partial charge in [0, 0.05) is 23.7 Å². The molecule has 0 saturated heterocycles. The largest absolute Gasteiger partial charge is 0.496 e. The number of carbonyl (C=O) groups is 1. The lowest BCUT2D eigenvalue weighted by Gasteiger charge is -2.36. The van der Waals surface area contributed by atoms with Crippen LogP contribution in [0.4, 0.5) is 0 Å². The Labute approximate surface area is 215 Å². The van der Waals surface area contributed by atoms with E-state index < -0.39 is 21.3 Å². The molecule has 2 unspecified atom stereocenters. The molecule has 0 aromatic heterocycles. The van der Waals surface area contributed by atoms with Crippen LogP contribution in [0.1, 0.15) is 82.0 Å². The Morgan fingerprint density at radius 2 is 1.94 bits per heavy atom. The summed E-state index contributed by atoms with van der Waals surface area (Å²) in [5.74, 6) is -0.254. The molecule has 1 heterocycles. The number of sulfone groups is 1. The van der Waals surface area contributed by atoms with Gasteiger partial charge in [0.05, 0.1) is 30.2 Å². The van der Waals surface area contributed by atoms with Crippen LogP contribution in [-0.2, 0) is 21.2 Å². The highest BCUT2D eigenvalue weighted by atomic mass is 32.2. The van der Waals surface area contributed by atoms with Crippen LogP contribution in [-0.4, -0.2) is 43.9 Å². The highest BCUT2D eigenvalue weighted by Gasteiger charge is 2.42. The van der Waals surface area contributed by atoms with Gasteiger partial charge >= 0.3 is 5.97 Å². The molecular formula is C28H40N2O5S. The number of carboxylic acids is 1. The molecule has 0 radical (unpaired) electrons. The first-order valence-corrected chi connectivity index (χ1v) is 14.5. The van der Waals surface area contributed by atoms with Gasteiger partial charge in [-0.3, -0.25) is 10.1 Å². The van der Waals surface area contributed by atoms with Crippen LogP contribution in [0, 0.1) is 0 Å². The summed E-state index contributed by atoms with van der Waals surface area (Å²) in [6, 6.07) is 13.0. The van der Waals surface area contributed by atoms with Gasteiger partial charge in [0.25, 0.3) is 0 Å². The number of aliphatic carboxylic acids is 1. The Hall–Kier alpha value is -2.42. The number of ether oxygens (including phenoxy) is 1. The summed E-state index contributed by atoms with van der Waals surface area (Å²) in [6.45, 7) is 6.42. The van der Waals surface area contributed by atoms with Gasteiger partial charge in [-0.1, -0.05) is 63.9 Å². The lowest BCUT2D eigenvalue weighted by atomic mass is 9.88. The molecule has 0 fully saturated rings. The van der Waals surface area contributed by atoms with Gasteiger partial charge in [-0.25, -0.2) is 8.42 Å². The normalized spacial score (nSPS) is 21.8. The number of benzene rings is 2. The highest BCUT2D eigenvalue weighted by molar-refractivity contribution is 7.91. The zero-order chi connectivity index (χ0) is 26.3. The van der Waals surface area contributed by atoms with Crippen molar-refractivity contribution in [1.29, 1.82) is 0 Å². The van der Waals surface area contributed by atoms with Crippen LogP contribution < -0.4 is 15.4 Å². The average Bonchev–Trinajstić information content (AvgIpc) is 2.97. The summed E-state index contributed by atoms with van der Waals surface area (Å²) < 4.78 is 33.6. The monoisotopic (exact) mass is 516 g/mol. The van der Waals surface area contributed by atoms with Gasteiger partial charge < -0.3 is 15.2 Å². The van der Waals surface area contributed by atoms with Crippen LogP contribution in [0.15, 0.2) is 47.4 Å². The minimum Gasteiger partial charge on any atom is -0.496 e. The summed E-state index contributed by atoms with van der Waals surface area (Å²) >= 11 is 0. The molecule has 198 valence electrons. The van der Waals surface area contributed by atoms with E-state index in [-0.39, 0.29) is 24.3 Å². The SMILES string of the molecule is CCCC[C@]1(CC)CS(=O)(=O)c2cc(CNC(CC)CC(=O)O)c(OC)cc2C(c2ccccc2)N1. The maximum Gasteiger partial charge on any atom is 0.304 e. The van der Waals surface area contributed by atoms with Crippen molar-refractivity contribution in [2.24, 2.45) is 0 Å². The molecule has 3 rings (SSSR count). The molecule has 8 heteroatoms. The fourth-order valence-corrected chi connectivity index (χ4v) is 7.26. The van der Waals surface area contributed by atoms with E-state index in [2.05, 4.69) is 24.5 Å². The summed E-state index contributed by atoms with van der Waals surface area (Å²) in [5, 5.41) is 16.2. The van der Waals surface area contributed by atoms with Crippen LogP contribution in [0.2, 0.25) is 0 Å². The summed E-state index contributed by atoms with van der Waals surface area (Å²) in [6.07, 6.45) is 4.05. The Morgan fingerprint density at radius 1 is 1.22 bits per heavy atom. The third-order valence-corrected chi connectivity index (χ3v) is 9.25. The smallest absolute Gasteiger partial charge is 0.304 e. The number of unbranched alkanes of at least 4 members (excludes halogenated alkanes) is 1. The standard InChI is InChI=1S/C28H40N2O5S/c1-5-8-14-28(7-3)19-36(33,34)25-15-21(18-29-22(6-2)16-26(31)32)24(35-4)17-23(25)27(30-28)20-12-10-9-11-13-20/h9-13,15,17,22,27,29-30H,5-8,14,16,18-19H2,1-4H3,(H,31,32)/t22?,27?,28-/m1/s1. The summed E-state index contributed by atoms with van der Waals surface area (Å²) in [4.78, 5) is 11.5. The minimum atomic E-state index is -3.62. The number of rotatable bonds is 12. The van der Waals surface area contributed by atoms with E-state index in [0.29, 0.717) is 41.2 Å². The van der Waals surface area contributed by atoms with Crippen molar-refractivity contribution in [3.63, 3.8) is 0 Å². The fourth-order valence-electron chi connectivity index (χ4n) is 5.08. The minimum absolute atomic E-state index is 0.00148. The second kappa shape index (κ2) is 12.2. The van der Waals surface area contributed by atoms with E-state index in [1.165, 1.54) is 0 Å². The maximum atomic E-state index is 13.9. The Bertz CT molecular complexity index is 1140. The first-order valence-electron chi connectivity index (χ1n) is 12.9. The second-order valence-electron chi connectivity index (χ2n) is 9.77. The number of fused-ring (bicyclic) bond motifs is 1.